The summed E-state index contributed by atoms with van der Waals surface area (Å²) in [5.41, 5.74) is 5.29. The quantitative estimate of drug-likeness (QED) is 0.220. The molecule has 0 amide bonds. The summed E-state index contributed by atoms with van der Waals surface area (Å²) in [6.45, 7) is 9.48. The largest absolute Gasteiger partial charge is 0.381 e. The zero-order valence-electron chi connectivity index (χ0n) is 19.5. The molecule has 0 aliphatic heterocycles. The molecule has 0 atom stereocenters. The lowest BCUT2D eigenvalue weighted by Gasteiger charge is -2.06. The summed E-state index contributed by atoms with van der Waals surface area (Å²) in [5.74, 6) is 0. The van der Waals surface area contributed by atoms with E-state index in [1.54, 1.807) is 0 Å². The van der Waals surface area contributed by atoms with E-state index < -0.39 is 0 Å². The highest BCUT2D eigenvalue weighted by molar-refractivity contribution is 5.47. The van der Waals surface area contributed by atoms with Gasteiger partial charge >= 0.3 is 0 Å². The number of hydrogen-bond donors (Lipinski definition) is 0. The van der Waals surface area contributed by atoms with Gasteiger partial charge in [-0.15, -0.1) is 0 Å². The van der Waals surface area contributed by atoms with Crippen LogP contribution >= 0.6 is 0 Å². The molecule has 0 aromatic heterocycles. The highest BCUT2D eigenvalue weighted by Gasteiger charge is 1.97. The Bertz CT molecular complexity index is 648. The van der Waals surface area contributed by atoms with Crippen LogP contribution in [-0.2, 0) is 17.6 Å². The summed E-state index contributed by atoms with van der Waals surface area (Å²) in [5, 5.41) is 0. The number of unbranched alkanes of at least 4 members (excludes halogenated alkanes) is 8. The number of hydrogen-bond acceptors (Lipinski definition) is 1. The summed E-state index contributed by atoms with van der Waals surface area (Å²) in [4.78, 5) is 0. The van der Waals surface area contributed by atoms with E-state index in [0.29, 0.717) is 0 Å². The Kier molecular flexibility index (Phi) is 13.4. The Balaban J connectivity index is 1.31. The van der Waals surface area contributed by atoms with Crippen molar-refractivity contribution >= 4 is 12.2 Å². The minimum absolute atomic E-state index is 0.934. The first-order chi connectivity index (χ1) is 15.3. The molecular weight excluding hydrogens is 376 g/mol. The molecule has 0 bridgehead atoms. The Hall–Kier alpha value is -2.12. The topological polar surface area (TPSA) is 9.23 Å². The van der Waals surface area contributed by atoms with Gasteiger partial charge in [0.05, 0.1) is 0 Å². The molecule has 0 saturated carbocycles. The lowest BCUT2D eigenvalue weighted by Crippen LogP contribution is -1.97. The summed E-state index contributed by atoms with van der Waals surface area (Å²) in [7, 11) is 0. The first-order valence-corrected chi connectivity index (χ1v) is 12.3. The summed E-state index contributed by atoms with van der Waals surface area (Å²) in [6.07, 6.45) is 19.0. The molecule has 0 radical (unpaired) electrons. The molecule has 0 fully saturated rings. The fourth-order valence-electron chi connectivity index (χ4n) is 3.87. The van der Waals surface area contributed by atoms with Crippen molar-refractivity contribution in [3.05, 3.63) is 83.9 Å². The molecule has 0 saturated heterocycles. The Morgan fingerprint density at radius 3 is 1.23 bits per heavy atom. The smallest absolute Gasteiger partial charge is 0.0466 e. The molecule has 1 nitrogen and oxygen atoms in total. The second kappa shape index (κ2) is 16.6. The van der Waals surface area contributed by atoms with Crippen molar-refractivity contribution < 1.29 is 4.74 Å². The number of benzene rings is 2. The van der Waals surface area contributed by atoms with Crippen molar-refractivity contribution in [3.63, 3.8) is 0 Å². The van der Waals surface area contributed by atoms with Crippen LogP contribution in [0.5, 0.6) is 0 Å². The number of rotatable bonds is 18. The number of aryl methyl sites for hydroxylation is 2. The predicted octanol–water partition coefficient (Wildman–Crippen LogP) is 8.68. The summed E-state index contributed by atoms with van der Waals surface area (Å²) < 4.78 is 5.81. The first kappa shape index (κ1) is 25.1. The monoisotopic (exact) mass is 418 g/mol. The summed E-state index contributed by atoms with van der Waals surface area (Å²) in [6, 6.07) is 17.5. The van der Waals surface area contributed by atoms with E-state index in [9.17, 15) is 0 Å². The molecule has 0 aliphatic carbocycles. The lowest BCUT2D eigenvalue weighted by atomic mass is 10.0. The van der Waals surface area contributed by atoms with Gasteiger partial charge in [-0.1, -0.05) is 112 Å². The van der Waals surface area contributed by atoms with Crippen molar-refractivity contribution in [1.29, 1.82) is 0 Å². The molecule has 168 valence electrons. The van der Waals surface area contributed by atoms with Gasteiger partial charge in [-0.2, -0.15) is 0 Å². The second-order valence-electron chi connectivity index (χ2n) is 8.54. The third-order valence-electron chi connectivity index (χ3n) is 5.94. The van der Waals surface area contributed by atoms with Gasteiger partial charge in [0.2, 0.25) is 0 Å². The van der Waals surface area contributed by atoms with Gasteiger partial charge in [-0.3, -0.25) is 0 Å². The van der Waals surface area contributed by atoms with E-state index in [-0.39, 0.29) is 0 Å². The molecule has 2 aromatic rings. The van der Waals surface area contributed by atoms with Crippen molar-refractivity contribution in [2.45, 2.75) is 77.0 Å². The fourth-order valence-corrected chi connectivity index (χ4v) is 3.87. The van der Waals surface area contributed by atoms with Crippen LogP contribution in [0.2, 0.25) is 0 Å². The lowest BCUT2D eigenvalue weighted by molar-refractivity contribution is 0.125. The van der Waals surface area contributed by atoms with E-state index >= 15 is 0 Å². The van der Waals surface area contributed by atoms with Gasteiger partial charge in [0.1, 0.15) is 0 Å². The van der Waals surface area contributed by atoms with Crippen LogP contribution in [0.3, 0.4) is 0 Å². The van der Waals surface area contributed by atoms with Gasteiger partial charge in [0, 0.05) is 13.2 Å². The van der Waals surface area contributed by atoms with Crippen molar-refractivity contribution in [3.8, 4) is 0 Å². The number of ether oxygens (including phenoxy) is 1. The Morgan fingerprint density at radius 2 is 0.839 bits per heavy atom. The molecule has 31 heavy (non-hydrogen) atoms. The van der Waals surface area contributed by atoms with E-state index in [4.69, 9.17) is 4.74 Å². The highest BCUT2D eigenvalue weighted by atomic mass is 16.5. The van der Waals surface area contributed by atoms with Crippen LogP contribution in [0.15, 0.2) is 61.7 Å². The molecule has 0 N–H and O–H groups in total. The molecule has 0 unspecified atom stereocenters. The molecule has 0 heterocycles. The molecular formula is C30H42O. The fraction of sp³-hybridized carbons (Fsp3) is 0.467. The first-order valence-electron chi connectivity index (χ1n) is 12.3. The normalized spacial score (nSPS) is 10.8. The van der Waals surface area contributed by atoms with Crippen LogP contribution in [-0.4, -0.2) is 13.2 Å². The predicted molar refractivity (Wildman–Crippen MR) is 137 cm³/mol. The van der Waals surface area contributed by atoms with Crippen LogP contribution in [0.4, 0.5) is 0 Å². The van der Waals surface area contributed by atoms with E-state index in [1.807, 2.05) is 12.2 Å². The maximum absolute atomic E-state index is 5.81. The van der Waals surface area contributed by atoms with E-state index in [1.165, 1.54) is 99.3 Å². The van der Waals surface area contributed by atoms with Gasteiger partial charge in [0.25, 0.3) is 0 Å². The van der Waals surface area contributed by atoms with Crippen LogP contribution in [0.1, 0.15) is 86.5 Å². The molecule has 2 rings (SSSR count). The van der Waals surface area contributed by atoms with Crippen LogP contribution < -0.4 is 0 Å². The SMILES string of the molecule is C=Cc1ccc(CCCCCCCOCCCCCCCc2ccc(C=C)cc2)cc1. The van der Waals surface area contributed by atoms with Gasteiger partial charge in [-0.25, -0.2) is 0 Å². The van der Waals surface area contributed by atoms with Gasteiger partial charge in [0.15, 0.2) is 0 Å². The van der Waals surface area contributed by atoms with E-state index in [0.717, 1.165) is 13.2 Å². The standard InChI is InChI=1S/C30H42O/c1-3-27-17-21-29(22-18-27)15-11-7-5-9-13-25-31-26-14-10-6-8-12-16-30-23-19-28(4-2)20-24-30/h3-4,17-24H,1-2,5-16,25-26H2. The second-order valence-corrected chi connectivity index (χ2v) is 8.54. The Labute approximate surface area is 191 Å². The minimum Gasteiger partial charge on any atom is -0.381 e. The minimum atomic E-state index is 0.934. The summed E-state index contributed by atoms with van der Waals surface area (Å²) >= 11 is 0. The molecule has 1 heteroatoms. The zero-order chi connectivity index (χ0) is 22.0. The third-order valence-corrected chi connectivity index (χ3v) is 5.94. The average molecular weight is 419 g/mol. The Morgan fingerprint density at radius 1 is 0.484 bits per heavy atom. The molecule has 0 aliphatic rings. The maximum Gasteiger partial charge on any atom is 0.0466 e. The van der Waals surface area contributed by atoms with E-state index in [2.05, 4.69) is 61.7 Å². The maximum atomic E-state index is 5.81. The third kappa shape index (κ3) is 11.7. The molecule has 0 spiro atoms. The highest BCUT2D eigenvalue weighted by Crippen LogP contribution is 2.12. The molecule has 2 aromatic carbocycles. The zero-order valence-corrected chi connectivity index (χ0v) is 19.5. The van der Waals surface area contributed by atoms with Crippen molar-refractivity contribution in [2.75, 3.05) is 13.2 Å². The van der Waals surface area contributed by atoms with Crippen molar-refractivity contribution in [2.24, 2.45) is 0 Å². The van der Waals surface area contributed by atoms with Crippen molar-refractivity contribution in [1.82, 2.24) is 0 Å². The average Bonchev–Trinajstić information content (AvgIpc) is 2.82. The van der Waals surface area contributed by atoms with Crippen LogP contribution in [0, 0.1) is 0 Å². The van der Waals surface area contributed by atoms with Crippen LogP contribution in [0.25, 0.3) is 12.2 Å². The van der Waals surface area contributed by atoms with Gasteiger partial charge < -0.3 is 4.74 Å². The van der Waals surface area contributed by atoms with Gasteiger partial charge in [-0.05, 0) is 60.8 Å².